The second-order valence-corrected chi connectivity index (χ2v) is 6.52. The summed E-state index contributed by atoms with van der Waals surface area (Å²) in [6.45, 7) is 3.33. The smallest absolute Gasteiger partial charge is 0.408 e. The second-order valence-electron chi connectivity index (χ2n) is 6.52. The maximum Gasteiger partial charge on any atom is 0.408 e. The molecule has 0 radical (unpaired) electrons. The number of nitrogens with one attached hydrogen (secondary N) is 1. The van der Waals surface area contributed by atoms with Crippen molar-refractivity contribution in [3.63, 3.8) is 0 Å². The van der Waals surface area contributed by atoms with Gasteiger partial charge in [-0.25, -0.2) is 9.59 Å². The van der Waals surface area contributed by atoms with E-state index in [9.17, 15) is 9.59 Å². The summed E-state index contributed by atoms with van der Waals surface area (Å²) < 4.78 is 10.5. The maximum absolute atomic E-state index is 12.5. The lowest BCUT2D eigenvalue weighted by Crippen LogP contribution is -2.46. The molecule has 2 aromatic rings. The van der Waals surface area contributed by atoms with Crippen molar-refractivity contribution in [2.45, 2.75) is 38.5 Å². The molecule has 0 aliphatic rings. The highest BCUT2D eigenvalue weighted by molar-refractivity contribution is 5.82. The average molecular weight is 365 g/mol. The predicted molar refractivity (Wildman–Crippen MR) is 103 cm³/mol. The van der Waals surface area contributed by atoms with E-state index in [1.807, 2.05) is 60.7 Å². The number of esters is 1. The Hall–Kier alpha value is -3.26. The number of hydrogen-bond donors (Lipinski definition) is 1. The zero-order valence-corrected chi connectivity index (χ0v) is 15.5. The van der Waals surface area contributed by atoms with Crippen molar-refractivity contribution in [3.05, 3.63) is 71.8 Å². The van der Waals surface area contributed by atoms with Crippen LogP contribution >= 0.6 is 0 Å². The third-order valence-electron chi connectivity index (χ3n) is 3.78. The van der Waals surface area contributed by atoms with Gasteiger partial charge in [-0.05, 0) is 25.0 Å². The number of terminal acetylenes is 1. The van der Waals surface area contributed by atoms with Crippen molar-refractivity contribution in [2.24, 2.45) is 0 Å². The number of benzene rings is 2. The van der Waals surface area contributed by atoms with Crippen LogP contribution in [-0.2, 0) is 27.3 Å². The van der Waals surface area contributed by atoms with Crippen LogP contribution in [0.3, 0.4) is 0 Å². The van der Waals surface area contributed by atoms with Gasteiger partial charge in [0.05, 0.1) is 0 Å². The third-order valence-corrected chi connectivity index (χ3v) is 3.78. The summed E-state index contributed by atoms with van der Waals surface area (Å²) in [6, 6.07) is 17.7. The Balaban J connectivity index is 2.03. The van der Waals surface area contributed by atoms with Gasteiger partial charge in [0.1, 0.15) is 12.6 Å². The third kappa shape index (κ3) is 6.87. The molecule has 0 aliphatic carbocycles. The van der Waals surface area contributed by atoms with Crippen molar-refractivity contribution in [1.82, 2.24) is 5.32 Å². The van der Waals surface area contributed by atoms with Gasteiger partial charge in [-0.2, -0.15) is 0 Å². The molecule has 0 fully saturated rings. The monoisotopic (exact) mass is 365 g/mol. The summed E-state index contributed by atoms with van der Waals surface area (Å²) >= 11 is 0. The standard InChI is InChI=1S/C22H23NO4/c1-4-22(2,3)27-20(24)19(15-17-11-7-5-8-12-17)23-21(25)26-16-18-13-9-6-10-14-18/h1,5-14,19H,15-16H2,2-3H3,(H,23,25)/t19-/m0/s1. The number of hydrogen-bond acceptors (Lipinski definition) is 4. The summed E-state index contributed by atoms with van der Waals surface area (Å²) in [7, 11) is 0. The molecule has 0 aliphatic heterocycles. The lowest BCUT2D eigenvalue weighted by Gasteiger charge is -2.23. The molecule has 1 N–H and O–H groups in total. The SMILES string of the molecule is C#CC(C)(C)OC(=O)[C@H](Cc1ccccc1)NC(=O)OCc1ccccc1. The van der Waals surface area contributed by atoms with E-state index in [0.29, 0.717) is 0 Å². The number of amides is 1. The molecule has 0 unspecified atom stereocenters. The van der Waals surface area contributed by atoms with Gasteiger partial charge in [-0.1, -0.05) is 66.6 Å². The first-order valence-corrected chi connectivity index (χ1v) is 8.61. The van der Waals surface area contributed by atoms with E-state index in [4.69, 9.17) is 15.9 Å². The van der Waals surface area contributed by atoms with E-state index in [1.165, 1.54) is 0 Å². The summed E-state index contributed by atoms with van der Waals surface area (Å²) in [5.41, 5.74) is 0.659. The number of carbonyl (C=O) groups excluding carboxylic acids is 2. The number of carbonyl (C=O) groups is 2. The molecule has 0 saturated carbocycles. The van der Waals surface area contributed by atoms with Gasteiger partial charge in [0.25, 0.3) is 0 Å². The molecule has 0 bridgehead atoms. The number of ether oxygens (including phenoxy) is 2. The fourth-order valence-corrected chi connectivity index (χ4v) is 2.30. The normalized spacial score (nSPS) is 11.7. The topological polar surface area (TPSA) is 64.6 Å². The molecular weight excluding hydrogens is 342 g/mol. The van der Waals surface area contributed by atoms with E-state index in [0.717, 1.165) is 11.1 Å². The van der Waals surface area contributed by atoms with Crippen LogP contribution in [0, 0.1) is 12.3 Å². The summed E-state index contributed by atoms with van der Waals surface area (Å²) in [6.07, 6.45) is 4.95. The van der Waals surface area contributed by atoms with Gasteiger partial charge >= 0.3 is 12.1 Å². The minimum Gasteiger partial charge on any atom is -0.445 e. The number of alkyl carbamates (subject to hydrolysis) is 1. The first kappa shape index (κ1) is 20.1. The lowest BCUT2D eigenvalue weighted by molar-refractivity contribution is -0.154. The Kier molecular flexibility index (Phi) is 7.01. The van der Waals surface area contributed by atoms with Gasteiger partial charge in [-0.3, -0.25) is 0 Å². The molecule has 1 atom stereocenters. The van der Waals surface area contributed by atoms with Gasteiger partial charge in [0, 0.05) is 6.42 Å². The average Bonchev–Trinajstić information content (AvgIpc) is 2.67. The minimum atomic E-state index is -1.07. The molecule has 0 aromatic heterocycles. The molecule has 27 heavy (non-hydrogen) atoms. The molecular formula is C22H23NO4. The van der Waals surface area contributed by atoms with Crippen LogP contribution in [0.2, 0.25) is 0 Å². The minimum absolute atomic E-state index is 0.107. The quantitative estimate of drug-likeness (QED) is 0.603. The zero-order chi connectivity index (χ0) is 19.7. The first-order valence-electron chi connectivity index (χ1n) is 8.61. The molecule has 140 valence electrons. The van der Waals surface area contributed by atoms with E-state index in [2.05, 4.69) is 11.2 Å². The van der Waals surface area contributed by atoms with Gasteiger partial charge in [-0.15, -0.1) is 6.42 Å². The zero-order valence-electron chi connectivity index (χ0n) is 15.5. The highest BCUT2D eigenvalue weighted by Gasteiger charge is 2.28. The summed E-state index contributed by atoms with van der Waals surface area (Å²) in [4.78, 5) is 24.7. The van der Waals surface area contributed by atoms with Crippen LogP contribution in [0.5, 0.6) is 0 Å². The molecule has 5 nitrogen and oxygen atoms in total. The second kappa shape index (κ2) is 9.44. The van der Waals surface area contributed by atoms with Crippen molar-refractivity contribution in [1.29, 1.82) is 0 Å². The molecule has 0 saturated heterocycles. The van der Waals surface area contributed by atoms with Crippen molar-refractivity contribution >= 4 is 12.1 Å². The van der Waals surface area contributed by atoms with Crippen molar-refractivity contribution in [2.75, 3.05) is 0 Å². The van der Waals surface area contributed by atoms with Crippen LogP contribution in [0.1, 0.15) is 25.0 Å². The fraction of sp³-hybridized carbons (Fsp3) is 0.273. The van der Waals surface area contributed by atoms with Gasteiger partial charge in [0.15, 0.2) is 5.60 Å². The Morgan fingerprint density at radius 3 is 2.15 bits per heavy atom. The van der Waals surface area contributed by atoms with Crippen LogP contribution in [0.15, 0.2) is 60.7 Å². The summed E-state index contributed by atoms with van der Waals surface area (Å²) in [5.74, 6) is 1.79. The van der Waals surface area contributed by atoms with E-state index >= 15 is 0 Å². The van der Waals surface area contributed by atoms with Crippen LogP contribution in [-0.4, -0.2) is 23.7 Å². The molecule has 1 amide bonds. The predicted octanol–water partition coefficient (Wildman–Crippen LogP) is 3.48. The Morgan fingerprint density at radius 1 is 1.04 bits per heavy atom. The lowest BCUT2D eigenvalue weighted by atomic mass is 10.1. The van der Waals surface area contributed by atoms with Gasteiger partial charge < -0.3 is 14.8 Å². The first-order chi connectivity index (χ1) is 12.9. The largest absolute Gasteiger partial charge is 0.445 e. The van der Waals surface area contributed by atoms with E-state index in [-0.39, 0.29) is 13.0 Å². The number of rotatable bonds is 7. The van der Waals surface area contributed by atoms with Crippen molar-refractivity contribution in [3.8, 4) is 12.3 Å². The molecule has 2 aromatic carbocycles. The van der Waals surface area contributed by atoms with Gasteiger partial charge in [0.2, 0.25) is 0 Å². The van der Waals surface area contributed by atoms with E-state index in [1.54, 1.807) is 13.8 Å². The Bertz CT molecular complexity index is 794. The highest BCUT2D eigenvalue weighted by Crippen LogP contribution is 2.12. The maximum atomic E-state index is 12.5. The molecule has 2 rings (SSSR count). The van der Waals surface area contributed by atoms with E-state index < -0.39 is 23.7 Å². The van der Waals surface area contributed by atoms with Crippen LogP contribution < -0.4 is 5.32 Å². The van der Waals surface area contributed by atoms with Crippen LogP contribution in [0.25, 0.3) is 0 Å². The van der Waals surface area contributed by atoms with Crippen LogP contribution in [0.4, 0.5) is 4.79 Å². The Labute approximate surface area is 159 Å². The fourth-order valence-electron chi connectivity index (χ4n) is 2.30. The molecule has 5 heteroatoms. The molecule has 0 spiro atoms. The Morgan fingerprint density at radius 2 is 1.59 bits per heavy atom. The van der Waals surface area contributed by atoms with Crippen molar-refractivity contribution < 1.29 is 19.1 Å². The highest BCUT2D eigenvalue weighted by atomic mass is 16.6. The summed E-state index contributed by atoms with van der Waals surface area (Å²) in [5, 5.41) is 2.58. The molecule has 0 heterocycles.